The number of rotatable bonds is 5. The van der Waals surface area contributed by atoms with Crippen LogP contribution in [0.4, 0.5) is 11.8 Å². The molecule has 0 bridgehead atoms. The van der Waals surface area contributed by atoms with Crippen molar-refractivity contribution >= 4 is 39.3 Å². The molecule has 20 heavy (non-hydrogen) atoms. The van der Waals surface area contributed by atoms with Gasteiger partial charge in [-0.25, -0.2) is 9.78 Å². The Hall–Kier alpha value is -1.89. The van der Waals surface area contributed by atoms with Crippen molar-refractivity contribution in [2.24, 2.45) is 0 Å². The number of nitrogens with one attached hydrogen (secondary N) is 2. The van der Waals surface area contributed by atoms with Crippen molar-refractivity contribution in [1.29, 1.82) is 0 Å². The molecule has 7 heteroatoms. The van der Waals surface area contributed by atoms with E-state index in [2.05, 4.69) is 33.6 Å². The summed E-state index contributed by atoms with van der Waals surface area (Å²) in [6.45, 7) is 3.84. The summed E-state index contributed by atoms with van der Waals surface area (Å²) in [5, 5.41) is 6.95. The number of aromatic nitrogens is 2. The predicted molar refractivity (Wildman–Crippen MR) is 81.4 cm³/mol. The molecule has 0 aliphatic rings. The van der Waals surface area contributed by atoms with E-state index in [4.69, 9.17) is 4.74 Å². The number of thiophene rings is 1. The summed E-state index contributed by atoms with van der Waals surface area (Å²) in [5.74, 6) is 0.850. The summed E-state index contributed by atoms with van der Waals surface area (Å²) >= 11 is 1.63. The lowest BCUT2D eigenvalue weighted by Gasteiger charge is -2.13. The first-order valence-electron chi connectivity index (χ1n) is 6.41. The number of nitrogens with zero attached hydrogens (tertiary/aromatic N) is 2. The van der Waals surface area contributed by atoms with Crippen LogP contribution in [-0.4, -0.2) is 36.1 Å². The number of carbonyl (C=O) groups excluding carboxylic acids is 1. The average Bonchev–Trinajstić information content (AvgIpc) is 2.89. The molecule has 108 valence electrons. The molecule has 0 saturated carbocycles. The second kappa shape index (κ2) is 6.04. The third-order valence-corrected chi connectivity index (χ3v) is 4.10. The summed E-state index contributed by atoms with van der Waals surface area (Å²) in [6.07, 6.45) is 0.946. The van der Waals surface area contributed by atoms with Crippen molar-refractivity contribution in [3.05, 3.63) is 10.9 Å². The fourth-order valence-corrected chi connectivity index (χ4v) is 2.78. The molecule has 2 aromatic rings. The Bertz CT molecular complexity index is 626. The molecule has 2 heterocycles. The minimum atomic E-state index is -0.465. The van der Waals surface area contributed by atoms with E-state index in [0.717, 1.165) is 16.6 Å². The second-order valence-electron chi connectivity index (χ2n) is 4.32. The molecular weight excluding hydrogens is 276 g/mol. The molecule has 1 atom stereocenters. The van der Waals surface area contributed by atoms with Crippen molar-refractivity contribution < 1.29 is 9.53 Å². The van der Waals surface area contributed by atoms with Gasteiger partial charge in [-0.15, -0.1) is 11.3 Å². The molecule has 0 aliphatic heterocycles. The first-order valence-corrected chi connectivity index (χ1v) is 7.23. The molecule has 0 aromatic carbocycles. The molecule has 0 saturated heterocycles. The molecule has 0 radical (unpaired) electrons. The maximum Gasteiger partial charge on any atom is 0.328 e. The molecule has 1 unspecified atom stereocenters. The highest BCUT2D eigenvalue weighted by atomic mass is 32.1. The van der Waals surface area contributed by atoms with E-state index in [1.165, 1.54) is 12.0 Å². The molecule has 2 rings (SSSR count). The highest BCUT2D eigenvalue weighted by molar-refractivity contribution is 7.18. The quantitative estimate of drug-likeness (QED) is 0.824. The van der Waals surface area contributed by atoms with Gasteiger partial charge in [0.1, 0.15) is 16.7 Å². The van der Waals surface area contributed by atoms with E-state index in [1.807, 2.05) is 0 Å². The summed E-state index contributed by atoms with van der Waals surface area (Å²) in [7, 11) is 3.14. The van der Waals surface area contributed by atoms with Crippen LogP contribution in [0.25, 0.3) is 10.2 Å². The maximum atomic E-state index is 11.5. The van der Waals surface area contributed by atoms with E-state index in [1.54, 1.807) is 25.3 Å². The van der Waals surface area contributed by atoms with Crippen molar-refractivity contribution in [3.63, 3.8) is 0 Å². The number of carbonyl (C=O) groups is 1. The van der Waals surface area contributed by atoms with E-state index < -0.39 is 6.04 Å². The van der Waals surface area contributed by atoms with Crippen molar-refractivity contribution in [3.8, 4) is 0 Å². The van der Waals surface area contributed by atoms with Gasteiger partial charge in [0.05, 0.1) is 12.5 Å². The Labute approximate surface area is 121 Å². The van der Waals surface area contributed by atoms with Crippen LogP contribution in [0.2, 0.25) is 0 Å². The number of anilines is 2. The van der Waals surface area contributed by atoms with Crippen LogP contribution in [0.15, 0.2) is 6.07 Å². The molecule has 0 amide bonds. The standard InChI is InChI=1S/C13H18N4O2S/c1-5-8-6-9-10(15-7(2)12(18)19-4)16-13(14-3)17-11(9)20-8/h6-7H,5H2,1-4H3,(H2,14,15,16,17). The van der Waals surface area contributed by atoms with Gasteiger partial charge in [0.15, 0.2) is 0 Å². The first kappa shape index (κ1) is 14.5. The van der Waals surface area contributed by atoms with Gasteiger partial charge in [-0.2, -0.15) is 4.98 Å². The van der Waals surface area contributed by atoms with Crippen molar-refractivity contribution in [1.82, 2.24) is 9.97 Å². The smallest absolute Gasteiger partial charge is 0.328 e. The third kappa shape index (κ3) is 2.82. The third-order valence-electron chi connectivity index (χ3n) is 2.92. The van der Waals surface area contributed by atoms with Crippen LogP contribution >= 0.6 is 11.3 Å². The Morgan fingerprint density at radius 1 is 1.50 bits per heavy atom. The molecule has 6 nitrogen and oxygen atoms in total. The lowest BCUT2D eigenvalue weighted by Crippen LogP contribution is -2.27. The van der Waals surface area contributed by atoms with Gasteiger partial charge in [0.25, 0.3) is 0 Å². The Morgan fingerprint density at radius 3 is 2.85 bits per heavy atom. The van der Waals surface area contributed by atoms with Gasteiger partial charge >= 0.3 is 5.97 Å². The zero-order valence-electron chi connectivity index (χ0n) is 12.0. The van der Waals surface area contributed by atoms with Crippen LogP contribution in [0.3, 0.4) is 0 Å². The van der Waals surface area contributed by atoms with Gasteiger partial charge in [-0.1, -0.05) is 6.92 Å². The Balaban J connectivity index is 2.44. The molecule has 0 fully saturated rings. The number of aryl methyl sites for hydroxylation is 1. The first-order chi connectivity index (χ1) is 9.58. The molecule has 0 aliphatic carbocycles. The van der Waals surface area contributed by atoms with Gasteiger partial charge in [-0.3, -0.25) is 0 Å². The van der Waals surface area contributed by atoms with Crippen LogP contribution in [-0.2, 0) is 16.0 Å². The minimum absolute atomic E-state index is 0.325. The number of methoxy groups -OCH3 is 1. The zero-order valence-corrected chi connectivity index (χ0v) is 12.8. The number of ether oxygens (including phenoxy) is 1. The fraction of sp³-hybridized carbons (Fsp3) is 0.462. The molecule has 2 aromatic heterocycles. The zero-order chi connectivity index (χ0) is 14.7. The van der Waals surface area contributed by atoms with Crippen LogP contribution in [0.5, 0.6) is 0 Å². The number of fused-ring (bicyclic) bond motifs is 1. The normalized spacial score (nSPS) is 12.2. The molecule has 0 spiro atoms. The van der Waals surface area contributed by atoms with Crippen LogP contribution in [0.1, 0.15) is 18.7 Å². The van der Waals surface area contributed by atoms with Crippen LogP contribution in [0, 0.1) is 0 Å². The minimum Gasteiger partial charge on any atom is -0.467 e. The highest BCUT2D eigenvalue weighted by Gasteiger charge is 2.17. The van der Waals surface area contributed by atoms with Crippen molar-refractivity contribution in [2.45, 2.75) is 26.3 Å². The second-order valence-corrected chi connectivity index (χ2v) is 5.44. The predicted octanol–water partition coefficient (Wildman–Crippen LogP) is 2.27. The van der Waals surface area contributed by atoms with E-state index in [-0.39, 0.29) is 5.97 Å². The summed E-state index contributed by atoms with van der Waals surface area (Å²) < 4.78 is 4.72. The van der Waals surface area contributed by atoms with Gasteiger partial charge < -0.3 is 15.4 Å². The summed E-state index contributed by atoms with van der Waals surface area (Å²) in [6, 6.07) is 1.60. The van der Waals surface area contributed by atoms with E-state index in [0.29, 0.717) is 11.8 Å². The topological polar surface area (TPSA) is 76.1 Å². The Morgan fingerprint density at radius 2 is 2.25 bits per heavy atom. The van der Waals surface area contributed by atoms with Gasteiger partial charge in [-0.05, 0) is 19.4 Å². The van der Waals surface area contributed by atoms with E-state index >= 15 is 0 Å². The monoisotopic (exact) mass is 294 g/mol. The molecular formula is C13H18N4O2S. The van der Waals surface area contributed by atoms with Gasteiger partial charge in [0, 0.05) is 11.9 Å². The average molecular weight is 294 g/mol. The lowest BCUT2D eigenvalue weighted by atomic mass is 10.3. The number of hydrogen-bond donors (Lipinski definition) is 2. The summed E-state index contributed by atoms with van der Waals surface area (Å²) in [4.78, 5) is 22.5. The SMILES string of the molecule is CCc1cc2c(NC(C)C(=O)OC)nc(NC)nc2s1. The highest BCUT2D eigenvalue weighted by Crippen LogP contribution is 2.30. The number of esters is 1. The Kier molecular flexibility index (Phi) is 4.39. The largest absolute Gasteiger partial charge is 0.467 e. The molecule has 2 N–H and O–H groups in total. The van der Waals surface area contributed by atoms with Gasteiger partial charge in [0.2, 0.25) is 5.95 Å². The summed E-state index contributed by atoms with van der Waals surface area (Å²) in [5.41, 5.74) is 0. The lowest BCUT2D eigenvalue weighted by molar-refractivity contribution is -0.141. The number of hydrogen-bond acceptors (Lipinski definition) is 7. The maximum absolute atomic E-state index is 11.5. The fourth-order valence-electron chi connectivity index (χ4n) is 1.81. The van der Waals surface area contributed by atoms with E-state index in [9.17, 15) is 4.79 Å². The van der Waals surface area contributed by atoms with Crippen molar-refractivity contribution in [2.75, 3.05) is 24.8 Å². The van der Waals surface area contributed by atoms with Crippen LogP contribution < -0.4 is 10.6 Å².